The quantitative estimate of drug-likeness (QED) is 0.486. The van der Waals surface area contributed by atoms with Crippen LogP contribution in [0.1, 0.15) is 27.6 Å². The Bertz CT molecular complexity index is 1230. The maximum absolute atomic E-state index is 12.2. The van der Waals surface area contributed by atoms with Crippen LogP contribution in [0.2, 0.25) is 0 Å². The van der Waals surface area contributed by atoms with E-state index in [2.05, 4.69) is 20.4 Å². The molecule has 1 N–H and O–H groups in total. The van der Waals surface area contributed by atoms with Crippen molar-refractivity contribution in [3.8, 4) is 17.1 Å². The number of nitrogens with zero attached hydrogens (tertiary/aromatic N) is 3. The fourth-order valence-corrected chi connectivity index (χ4v) is 2.77. The van der Waals surface area contributed by atoms with Crippen LogP contribution in [0.5, 0.6) is 5.75 Å². The Hall–Kier alpha value is -4.27. The number of nitrogens with one attached hydrogen (secondary N) is 1. The van der Waals surface area contributed by atoms with Crippen molar-refractivity contribution in [2.75, 3.05) is 0 Å². The minimum absolute atomic E-state index is 0.122. The number of carbonyl (C=O) groups is 1. The molecule has 0 bridgehead atoms. The number of aromatic nitrogens is 3. The molecule has 0 aliphatic rings. The first-order valence-electron chi connectivity index (χ1n) is 9.41. The summed E-state index contributed by atoms with van der Waals surface area (Å²) in [6, 6.07) is 12.1. The van der Waals surface area contributed by atoms with E-state index in [1.165, 1.54) is 12.3 Å². The molecule has 9 nitrogen and oxygen atoms in total. The van der Waals surface area contributed by atoms with Gasteiger partial charge in [0.2, 0.25) is 17.0 Å². The Balaban J connectivity index is 1.37. The second kappa shape index (κ2) is 9.04. The summed E-state index contributed by atoms with van der Waals surface area (Å²) in [5.74, 6) is 0.319. The van der Waals surface area contributed by atoms with Gasteiger partial charge >= 0.3 is 11.8 Å². The van der Waals surface area contributed by atoms with Crippen LogP contribution in [0.3, 0.4) is 0 Å². The van der Waals surface area contributed by atoms with Gasteiger partial charge in [0.15, 0.2) is 0 Å². The summed E-state index contributed by atoms with van der Waals surface area (Å²) in [5.41, 5.74) is 2.19. The van der Waals surface area contributed by atoms with Crippen molar-refractivity contribution in [3.05, 3.63) is 94.1 Å². The molecule has 0 saturated heterocycles. The molecule has 4 aromatic rings. The SMILES string of the molecule is Cc1occc(=O)c1OCc1ccc(-c2noc(C(=O)NCc3ccncc3)n2)cc1. The molecule has 0 fully saturated rings. The van der Waals surface area contributed by atoms with Crippen molar-refractivity contribution in [2.24, 2.45) is 0 Å². The van der Waals surface area contributed by atoms with E-state index in [1.807, 2.05) is 12.1 Å². The lowest BCUT2D eigenvalue weighted by Crippen LogP contribution is -2.23. The number of amides is 1. The number of carbonyl (C=O) groups excluding carboxylic acids is 1. The van der Waals surface area contributed by atoms with E-state index in [0.717, 1.165) is 11.1 Å². The highest BCUT2D eigenvalue weighted by Crippen LogP contribution is 2.18. The molecule has 0 saturated carbocycles. The van der Waals surface area contributed by atoms with Crippen molar-refractivity contribution in [1.29, 1.82) is 0 Å². The monoisotopic (exact) mass is 418 g/mol. The fourth-order valence-electron chi connectivity index (χ4n) is 2.77. The smallest absolute Gasteiger partial charge is 0.316 e. The van der Waals surface area contributed by atoms with E-state index in [-0.39, 0.29) is 23.7 Å². The summed E-state index contributed by atoms with van der Waals surface area (Å²) in [6.07, 6.45) is 4.63. The highest BCUT2D eigenvalue weighted by atomic mass is 16.5. The van der Waals surface area contributed by atoms with Crippen LogP contribution in [0, 0.1) is 6.92 Å². The second-order valence-electron chi connectivity index (χ2n) is 6.62. The molecule has 0 unspecified atom stereocenters. The lowest BCUT2D eigenvalue weighted by Gasteiger charge is -2.07. The predicted molar refractivity (Wildman–Crippen MR) is 109 cm³/mol. The minimum atomic E-state index is -0.461. The Kier molecular flexibility index (Phi) is 5.84. The highest BCUT2D eigenvalue weighted by molar-refractivity contribution is 5.89. The Morgan fingerprint density at radius 2 is 1.84 bits per heavy atom. The molecule has 0 radical (unpaired) electrons. The molecule has 0 aliphatic carbocycles. The lowest BCUT2D eigenvalue weighted by atomic mass is 10.1. The van der Waals surface area contributed by atoms with E-state index < -0.39 is 5.91 Å². The number of hydrogen-bond donors (Lipinski definition) is 1. The number of ether oxygens (including phenoxy) is 1. The zero-order valence-corrected chi connectivity index (χ0v) is 16.6. The third-order valence-electron chi connectivity index (χ3n) is 4.43. The zero-order valence-electron chi connectivity index (χ0n) is 16.6. The summed E-state index contributed by atoms with van der Waals surface area (Å²) < 4.78 is 15.8. The van der Waals surface area contributed by atoms with Gasteiger partial charge in [-0.2, -0.15) is 4.98 Å². The van der Waals surface area contributed by atoms with E-state index >= 15 is 0 Å². The molecule has 1 aromatic carbocycles. The average molecular weight is 418 g/mol. The van der Waals surface area contributed by atoms with E-state index in [0.29, 0.717) is 23.7 Å². The van der Waals surface area contributed by atoms with Gasteiger partial charge in [-0.3, -0.25) is 14.6 Å². The Labute approximate surface area is 176 Å². The van der Waals surface area contributed by atoms with Crippen LogP contribution in [0.4, 0.5) is 0 Å². The van der Waals surface area contributed by atoms with Crippen LogP contribution < -0.4 is 15.5 Å². The molecule has 4 rings (SSSR count). The molecule has 3 heterocycles. The topological polar surface area (TPSA) is 120 Å². The summed E-state index contributed by atoms with van der Waals surface area (Å²) in [5, 5.41) is 6.58. The Morgan fingerprint density at radius 1 is 1.06 bits per heavy atom. The summed E-state index contributed by atoms with van der Waals surface area (Å²) in [7, 11) is 0. The van der Waals surface area contributed by atoms with Gasteiger partial charge in [0.05, 0.1) is 6.26 Å². The molecule has 9 heteroatoms. The molecular formula is C22H18N4O5. The fraction of sp³-hybridized carbons (Fsp3) is 0.136. The van der Waals surface area contributed by atoms with Crippen molar-refractivity contribution in [2.45, 2.75) is 20.1 Å². The highest BCUT2D eigenvalue weighted by Gasteiger charge is 2.16. The molecule has 0 atom stereocenters. The normalized spacial score (nSPS) is 10.6. The maximum Gasteiger partial charge on any atom is 0.316 e. The van der Waals surface area contributed by atoms with Gasteiger partial charge in [-0.1, -0.05) is 29.4 Å². The average Bonchev–Trinajstić information content (AvgIpc) is 3.29. The van der Waals surface area contributed by atoms with Crippen LogP contribution >= 0.6 is 0 Å². The summed E-state index contributed by atoms with van der Waals surface area (Å²) in [6.45, 7) is 2.19. The first kappa shape index (κ1) is 20.0. The van der Waals surface area contributed by atoms with Crippen LogP contribution in [0.25, 0.3) is 11.4 Å². The van der Waals surface area contributed by atoms with Gasteiger partial charge in [-0.25, -0.2) is 0 Å². The lowest BCUT2D eigenvalue weighted by molar-refractivity contribution is 0.0907. The number of aryl methyl sites for hydroxylation is 1. The van der Waals surface area contributed by atoms with Crippen LogP contribution in [0.15, 0.2) is 74.9 Å². The van der Waals surface area contributed by atoms with Crippen molar-refractivity contribution >= 4 is 5.91 Å². The Morgan fingerprint density at radius 3 is 2.58 bits per heavy atom. The standard InChI is InChI=1S/C22H18N4O5/c1-14-19(18(27)8-11-29-14)30-13-16-2-4-17(5-3-16)20-25-22(31-26-20)21(28)24-12-15-6-9-23-10-7-15/h2-11H,12-13H2,1H3,(H,24,28). The van der Waals surface area contributed by atoms with Gasteiger partial charge in [0.25, 0.3) is 0 Å². The van der Waals surface area contributed by atoms with Gasteiger partial charge in [-0.05, 0) is 30.2 Å². The maximum atomic E-state index is 12.2. The number of benzene rings is 1. The zero-order chi connectivity index (χ0) is 21.6. The van der Waals surface area contributed by atoms with E-state index in [4.69, 9.17) is 13.7 Å². The second-order valence-corrected chi connectivity index (χ2v) is 6.62. The van der Waals surface area contributed by atoms with E-state index in [9.17, 15) is 9.59 Å². The third kappa shape index (κ3) is 4.84. The minimum Gasteiger partial charge on any atom is -0.482 e. The molecule has 0 spiro atoms. The van der Waals surface area contributed by atoms with Gasteiger partial charge < -0.3 is 19.0 Å². The van der Waals surface area contributed by atoms with Gasteiger partial charge in [0, 0.05) is 30.6 Å². The molecule has 1 amide bonds. The molecule has 31 heavy (non-hydrogen) atoms. The number of hydrogen-bond acceptors (Lipinski definition) is 8. The molecule has 156 valence electrons. The summed E-state index contributed by atoms with van der Waals surface area (Å²) in [4.78, 5) is 32.1. The van der Waals surface area contributed by atoms with Crippen molar-refractivity contribution < 1.29 is 18.5 Å². The molecular weight excluding hydrogens is 400 g/mol. The molecule has 3 aromatic heterocycles. The van der Waals surface area contributed by atoms with Crippen LogP contribution in [-0.2, 0) is 13.2 Å². The number of rotatable bonds is 7. The van der Waals surface area contributed by atoms with Crippen LogP contribution in [-0.4, -0.2) is 21.0 Å². The first-order chi connectivity index (χ1) is 15.1. The van der Waals surface area contributed by atoms with Gasteiger partial charge in [0.1, 0.15) is 12.4 Å². The molecule has 0 aliphatic heterocycles. The van der Waals surface area contributed by atoms with Crippen molar-refractivity contribution in [3.63, 3.8) is 0 Å². The van der Waals surface area contributed by atoms with E-state index in [1.54, 1.807) is 43.6 Å². The third-order valence-corrected chi connectivity index (χ3v) is 4.43. The summed E-state index contributed by atoms with van der Waals surface area (Å²) >= 11 is 0. The largest absolute Gasteiger partial charge is 0.482 e. The van der Waals surface area contributed by atoms with Crippen molar-refractivity contribution in [1.82, 2.24) is 20.4 Å². The predicted octanol–water partition coefficient (Wildman–Crippen LogP) is 2.90. The van der Waals surface area contributed by atoms with Gasteiger partial charge in [-0.15, -0.1) is 0 Å². The first-order valence-corrected chi connectivity index (χ1v) is 9.41. The number of pyridine rings is 1.